The molecule has 1 unspecified atom stereocenters. The number of amides is 2. The Morgan fingerprint density at radius 2 is 1.81 bits per heavy atom. The van der Waals surface area contributed by atoms with Gasteiger partial charge in [-0.05, 0) is 51.7 Å². The van der Waals surface area contributed by atoms with Gasteiger partial charge in [-0.1, -0.05) is 24.3 Å². The van der Waals surface area contributed by atoms with Crippen LogP contribution in [0.4, 0.5) is 9.59 Å². The Morgan fingerprint density at radius 3 is 2.35 bits per heavy atom. The van der Waals surface area contributed by atoms with Crippen LogP contribution in [0.1, 0.15) is 63.8 Å². The van der Waals surface area contributed by atoms with Gasteiger partial charge in [0.1, 0.15) is 5.60 Å². The van der Waals surface area contributed by atoms with Gasteiger partial charge in [0.25, 0.3) is 0 Å². The Bertz CT molecular complexity index is 638. The van der Waals surface area contributed by atoms with Crippen LogP contribution in [0.2, 0.25) is 0 Å². The maximum atomic E-state index is 11.9. The van der Waals surface area contributed by atoms with Gasteiger partial charge in [0.05, 0.1) is 18.2 Å². The van der Waals surface area contributed by atoms with Gasteiger partial charge in [-0.3, -0.25) is 0 Å². The number of nitrogens with one attached hydrogen (secondary N) is 1. The summed E-state index contributed by atoms with van der Waals surface area (Å²) in [5.74, 6) is 0. The number of rotatable bonds is 4. The zero-order valence-corrected chi connectivity index (χ0v) is 15.7. The van der Waals surface area contributed by atoms with Gasteiger partial charge < -0.3 is 25.2 Å². The lowest BCUT2D eigenvalue weighted by molar-refractivity contribution is 0.0508. The van der Waals surface area contributed by atoms with Crippen molar-refractivity contribution in [2.75, 3.05) is 6.54 Å². The van der Waals surface area contributed by atoms with Crippen molar-refractivity contribution in [3.8, 4) is 0 Å². The number of carbonyl (C=O) groups is 2. The van der Waals surface area contributed by atoms with E-state index in [1.54, 1.807) is 32.9 Å². The first-order valence-electron chi connectivity index (χ1n) is 8.85. The summed E-state index contributed by atoms with van der Waals surface area (Å²) in [5.41, 5.74) is 0.972. The quantitative estimate of drug-likeness (QED) is 0.760. The number of carboxylic acid groups (broad SMARTS) is 1. The second-order valence-corrected chi connectivity index (χ2v) is 7.66. The minimum Gasteiger partial charge on any atom is -0.465 e. The Hall–Kier alpha value is -2.28. The number of ether oxygens (including phenoxy) is 1. The fourth-order valence-electron chi connectivity index (χ4n) is 3.13. The Labute approximate surface area is 154 Å². The summed E-state index contributed by atoms with van der Waals surface area (Å²) < 4.78 is 5.24. The fraction of sp³-hybridized carbons (Fsp3) is 0.579. The predicted octanol–water partition coefficient (Wildman–Crippen LogP) is 3.45. The van der Waals surface area contributed by atoms with Gasteiger partial charge in [0, 0.05) is 6.54 Å². The van der Waals surface area contributed by atoms with Crippen LogP contribution >= 0.6 is 0 Å². The summed E-state index contributed by atoms with van der Waals surface area (Å²) in [7, 11) is 0. The molecule has 7 nitrogen and oxygen atoms in total. The number of aliphatic hydroxyl groups excluding tert-OH is 1. The predicted molar refractivity (Wildman–Crippen MR) is 96.9 cm³/mol. The van der Waals surface area contributed by atoms with E-state index in [0.29, 0.717) is 18.5 Å². The van der Waals surface area contributed by atoms with Gasteiger partial charge in [-0.25, -0.2) is 9.59 Å². The molecule has 7 heteroatoms. The zero-order valence-electron chi connectivity index (χ0n) is 15.7. The van der Waals surface area contributed by atoms with Crippen molar-refractivity contribution in [1.29, 1.82) is 0 Å². The van der Waals surface area contributed by atoms with Gasteiger partial charge >= 0.3 is 12.2 Å². The molecule has 2 rings (SSSR count). The first-order valence-corrected chi connectivity index (χ1v) is 8.85. The molecule has 1 aliphatic heterocycles. The molecule has 1 aromatic rings. The highest BCUT2D eigenvalue weighted by Crippen LogP contribution is 2.30. The third-order valence-electron chi connectivity index (χ3n) is 4.42. The molecule has 0 bridgehead atoms. The lowest BCUT2D eigenvalue weighted by Crippen LogP contribution is -2.38. The molecule has 1 aromatic carbocycles. The highest BCUT2D eigenvalue weighted by molar-refractivity contribution is 5.68. The smallest absolute Gasteiger partial charge is 0.408 e. The summed E-state index contributed by atoms with van der Waals surface area (Å²) in [4.78, 5) is 24.4. The van der Waals surface area contributed by atoms with Crippen molar-refractivity contribution in [2.24, 2.45) is 0 Å². The van der Waals surface area contributed by atoms with E-state index in [2.05, 4.69) is 5.32 Å². The monoisotopic (exact) mass is 364 g/mol. The van der Waals surface area contributed by atoms with Gasteiger partial charge in [0.2, 0.25) is 0 Å². The Kier molecular flexibility index (Phi) is 6.13. The number of alkyl carbamates (subject to hydrolysis) is 1. The molecular formula is C19H28N2O5. The molecule has 1 aliphatic rings. The van der Waals surface area contributed by atoms with Gasteiger partial charge in [-0.2, -0.15) is 0 Å². The van der Waals surface area contributed by atoms with Crippen LogP contribution in [0.25, 0.3) is 0 Å². The highest BCUT2D eigenvalue weighted by atomic mass is 16.6. The van der Waals surface area contributed by atoms with Crippen molar-refractivity contribution in [2.45, 2.75) is 64.3 Å². The largest absolute Gasteiger partial charge is 0.465 e. The SMILES string of the molecule is C[C@H](NC(=O)OC(C)(C)C)c1ccc(C(O)[C@H]2CCCN2C(=O)O)cc1. The molecule has 144 valence electrons. The van der Waals surface area contributed by atoms with Crippen LogP contribution in [0.15, 0.2) is 24.3 Å². The maximum Gasteiger partial charge on any atom is 0.408 e. The summed E-state index contributed by atoms with van der Waals surface area (Å²) in [6.07, 6.45) is -0.957. The van der Waals surface area contributed by atoms with E-state index in [9.17, 15) is 19.8 Å². The van der Waals surface area contributed by atoms with E-state index in [-0.39, 0.29) is 6.04 Å². The molecule has 1 heterocycles. The average Bonchev–Trinajstić information content (AvgIpc) is 3.02. The third kappa shape index (κ3) is 5.11. The summed E-state index contributed by atoms with van der Waals surface area (Å²) in [6, 6.07) is 6.51. The maximum absolute atomic E-state index is 11.9. The molecule has 1 saturated heterocycles. The molecule has 26 heavy (non-hydrogen) atoms. The summed E-state index contributed by atoms with van der Waals surface area (Å²) in [5, 5.41) is 22.5. The Morgan fingerprint density at radius 1 is 1.23 bits per heavy atom. The van der Waals surface area contributed by atoms with Crippen molar-refractivity contribution in [3.05, 3.63) is 35.4 Å². The Balaban J connectivity index is 2.01. The number of carbonyl (C=O) groups excluding carboxylic acids is 1. The lowest BCUT2D eigenvalue weighted by atomic mass is 9.98. The van der Waals surface area contributed by atoms with E-state index >= 15 is 0 Å². The van der Waals surface area contributed by atoms with Gasteiger partial charge in [0.15, 0.2) is 0 Å². The molecule has 2 amide bonds. The zero-order chi connectivity index (χ0) is 19.5. The number of hydrogen-bond donors (Lipinski definition) is 3. The van der Waals surface area contributed by atoms with Crippen LogP contribution in [0, 0.1) is 0 Å². The standard InChI is InChI=1S/C19H28N2O5/c1-12(20-17(23)26-19(2,3)4)13-7-9-14(10-8-13)16(22)15-6-5-11-21(15)18(24)25/h7-10,12,15-16,22H,5-6,11H2,1-4H3,(H,20,23)(H,24,25)/t12-,15+,16?/m0/s1. The molecular weight excluding hydrogens is 336 g/mol. The topological polar surface area (TPSA) is 99.1 Å². The van der Waals surface area contributed by atoms with E-state index in [1.165, 1.54) is 4.90 Å². The summed E-state index contributed by atoms with van der Waals surface area (Å²) >= 11 is 0. The number of hydrogen-bond acceptors (Lipinski definition) is 4. The fourth-order valence-corrected chi connectivity index (χ4v) is 3.13. The van der Waals surface area contributed by atoms with Crippen LogP contribution in [0.3, 0.4) is 0 Å². The van der Waals surface area contributed by atoms with E-state index in [4.69, 9.17) is 4.74 Å². The number of benzene rings is 1. The lowest BCUT2D eigenvalue weighted by Gasteiger charge is -2.27. The molecule has 0 aromatic heterocycles. The highest BCUT2D eigenvalue weighted by Gasteiger charge is 2.34. The second-order valence-electron chi connectivity index (χ2n) is 7.66. The van der Waals surface area contributed by atoms with Crippen LogP contribution in [-0.2, 0) is 4.74 Å². The van der Waals surface area contributed by atoms with Gasteiger partial charge in [-0.15, -0.1) is 0 Å². The van der Waals surface area contributed by atoms with E-state index < -0.39 is 29.9 Å². The van der Waals surface area contributed by atoms with Crippen molar-refractivity contribution < 1.29 is 24.5 Å². The second kappa shape index (κ2) is 7.95. The normalized spacial score (nSPS) is 19.7. The minimum absolute atomic E-state index is 0.252. The van der Waals surface area contributed by atoms with Crippen LogP contribution < -0.4 is 5.32 Å². The molecule has 0 radical (unpaired) electrons. The van der Waals surface area contributed by atoms with Crippen molar-refractivity contribution in [3.63, 3.8) is 0 Å². The van der Waals surface area contributed by atoms with Crippen LogP contribution in [0.5, 0.6) is 0 Å². The molecule has 0 saturated carbocycles. The third-order valence-corrected chi connectivity index (χ3v) is 4.42. The number of nitrogens with zero attached hydrogens (tertiary/aromatic N) is 1. The molecule has 3 N–H and O–H groups in total. The molecule has 3 atom stereocenters. The average molecular weight is 364 g/mol. The number of likely N-dealkylation sites (tertiary alicyclic amines) is 1. The van der Waals surface area contributed by atoms with E-state index in [0.717, 1.165) is 12.0 Å². The van der Waals surface area contributed by atoms with Crippen molar-refractivity contribution in [1.82, 2.24) is 10.2 Å². The summed E-state index contributed by atoms with van der Waals surface area (Å²) in [6.45, 7) is 7.70. The molecule has 0 spiro atoms. The molecule has 0 aliphatic carbocycles. The minimum atomic E-state index is -1.00. The van der Waals surface area contributed by atoms with Crippen molar-refractivity contribution >= 4 is 12.2 Å². The number of aliphatic hydroxyl groups is 1. The molecule has 1 fully saturated rings. The first-order chi connectivity index (χ1) is 12.1. The van der Waals surface area contributed by atoms with E-state index in [1.807, 2.05) is 19.1 Å². The first kappa shape index (κ1) is 20.0. The van der Waals surface area contributed by atoms with Crippen LogP contribution in [-0.4, -0.2) is 45.5 Å².